The van der Waals surface area contributed by atoms with Gasteiger partial charge in [-0.15, -0.1) is 0 Å². The number of halogens is 3. The lowest BCUT2D eigenvalue weighted by atomic mass is 9.94. The van der Waals surface area contributed by atoms with E-state index in [1.165, 1.54) is 0 Å². The van der Waals surface area contributed by atoms with Crippen LogP contribution in [0.5, 0.6) is 0 Å². The van der Waals surface area contributed by atoms with E-state index in [9.17, 15) is 13.2 Å². The summed E-state index contributed by atoms with van der Waals surface area (Å²) in [7, 11) is 0. The Bertz CT molecular complexity index is 493. The Morgan fingerprint density at radius 1 is 1.19 bits per heavy atom. The summed E-state index contributed by atoms with van der Waals surface area (Å²) in [6.07, 6.45) is 1.83. The molecule has 1 aliphatic heterocycles. The number of nitrogens with zero attached hydrogens (tertiary/aromatic N) is 1. The van der Waals surface area contributed by atoms with E-state index in [1.807, 2.05) is 11.8 Å². The molecule has 1 saturated heterocycles. The van der Waals surface area contributed by atoms with Crippen LogP contribution in [0.15, 0.2) is 12.1 Å². The number of benzene rings is 1. The molecule has 0 radical (unpaired) electrons. The fourth-order valence-corrected chi connectivity index (χ4v) is 2.88. The summed E-state index contributed by atoms with van der Waals surface area (Å²) in [5.41, 5.74) is 0.163. The summed E-state index contributed by atoms with van der Waals surface area (Å²) in [6, 6.07) is 1.93. The van der Waals surface area contributed by atoms with Crippen LogP contribution in [0.2, 0.25) is 0 Å². The normalized spacial score (nSPS) is 24.2. The number of nitrogens with one attached hydrogen (secondary N) is 1. The Morgan fingerprint density at radius 2 is 1.86 bits per heavy atom. The van der Waals surface area contributed by atoms with Crippen LogP contribution in [0.3, 0.4) is 0 Å². The second kappa shape index (κ2) is 6.69. The average molecular weight is 300 g/mol. The first-order valence-corrected chi connectivity index (χ1v) is 7.62. The molecule has 0 aliphatic carbocycles. The summed E-state index contributed by atoms with van der Waals surface area (Å²) >= 11 is 0. The van der Waals surface area contributed by atoms with E-state index >= 15 is 0 Å². The van der Waals surface area contributed by atoms with Crippen molar-refractivity contribution in [3.8, 4) is 0 Å². The van der Waals surface area contributed by atoms with Crippen molar-refractivity contribution in [1.82, 2.24) is 5.32 Å². The molecule has 1 fully saturated rings. The zero-order chi connectivity index (χ0) is 15.6. The van der Waals surface area contributed by atoms with Gasteiger partial charge in [0.15, 0.2) is 11.6 Å². The number of anilines is 1. The van der Waals surface area contributed by atoms with Gasteiger partial charge in [-0.05, 0) is 12.3 Å². The van der Waals surface area contributed by atoms with Crippen LogP contribution in [0.25, 0.3) is 0 Å². The first-order valence-electron chi connectivity index (χ1n) is 7.62. The van der Waals surface area contributed by atoms with E-state index in [4.69, 9.17) is 0 Å². The highest BCUT2D eigenvalue weighted by atomic mass is 19.2. The van der Waals surface area contributed by atoms with E-state index in [1.54, 1.807) is 0 Å². The predicted octanol–water partition coefficient (Wildman–Crippen LogP) is 3.71. The predicted molar refractivity (Wildman–Crippen MR) is 79.0 cm³/mol. The van der Waals surface area contributed by atoms with Crippen LogP contribution < -0.4 is 10.2 Å². The third-order valence-electron chi connectivity index (χ3n) is 4.55. The van der Waals surface area contributed by atoms with Gasteiger partial charge < -0.3 is 10.2 Å². The van der Waals surface area contributed by atoms with Gasteiger partial charge in [-0.25, -0.2) is 13.2 Å². The van der Waals surface area contributed by atoms with Gasteiger partial charge in [0.05, 0.1) is 5.69 Å². The number of rotatable bonds is 4. The Kier molecular flexibility index (Phi) is 5.14. The van der Waals surface area contributed by atoms with E-state index in [0.717, 1.165) is 25.5 Å². The smallest absolute Gasteiger partial charge is 0.161 e. The third-order valence-corrected chi connectivity index (χ3v) is 4.55. The molecule has 1 aliphatic rings. The maximum Gasteiger partial charge on any atom is 0.161 e. The number of hydrogen-bond acceptors (Lipinski definition) is 2. The lowest BCUT2D eigenvalue weighted by Gasteiger charge is -2.43. The lowest BCUT2D eigenvalue weighted by molar-refractivity contribution is 0.304. The summed E-state index contributed by atoms with van der Waals surface area (Å²) in [6.45, 7) is 7.60. The molecule has 1 heterocycles. The molecular formula is C16H23F3N2. The van der Waals surface area contributed by atoms with Gasteiger partial charge in [-0.2, -0.15) is 0 Å². The molecule has 0 saturated carbocycles. The van der Waals surface area contributed by atoms with Gasteiger partial charge >= 0.3 is 0 Å². The SMILES string of the molecule is CCC(C)C1CN(c2cc(F)c(F)cc2F)C(CC)CN1. The topological polar surface area (TPSA) is 15.3 Å². The highest BCUT2D eigenvalue weighted by Crippen LogP contribution is 2.28. The monoisotopic (exact) mass is 300 g/mol. The lowest BCUT2D eigenvalue weighted by Crippen LogP contribution is -2.58. The summed E-state index contributed by atoms with van der Waals surface area (Å²) in [5.74, 6) is -2.39. The van der Waals surface area contributed by atoms with Gasteiger partial charge in [-0.3, -0.25) is 0 Å². The van der Waals surface area contributed by atoms with E-state index < -0.39 is 17.5 Å². The van der Waals surface area contributed by atoms with E-state index in [2.05, 4.69) is 19.2 Å². The molecule has 0 bridgehead atoms. The van der Waals surface area contributed by atoms with Gasteiger partial charge in [-0.1, -0.05) is 27.2 Å². The van der Waals surface area contributed by atoms with Crippen molar-refractivity contribution in [2.45, 2.75) is 45.7 Å². The Labute approximate surface area is 124 Å². The fourth-order valence-electron chi connectivity index (χ4n) is 2.88. The van der Waals surface area contributed by atoms with Crippen molar-refractivity contribution < 1.29 is 13.2 Å². The summed E-state index contributed by atoms with van der Waals surface area (Å²) < 4.78 is 40.7. The minimum absolute atomic E-state index is 0.0877. The summed E-state index contributed by atoms with van der Waals surface area (Å²) in [5, 5.41) is 3.48. The highest BCUT2D eigenvalue weighted by molar-refractivity contribution is 5.50. The van der Waals surface area contributed by atoms with Crippen molar-refractivity contribution in [2.75, 3.05) is 18.0 Å². The van der Waals surface area contributed by atoms with Crippen LogP contribution in [0, 0.1) is 23.4 Å². The van der Waals surface area contributed by atoms with Crippen LogP contribution in [-0.2, 0) is 0 Å². The molecule has 0 spiro atoms. The van der Waals surface area contributed by atoms with E-state index in [-0.39, 0.29) is 17.8 Å². The van der Waals surface area contributed by atoms with Crippen molar-refractivity contribution >= 4 is 5.69 Å². The molecule has 2 rings (SSSR count). The van der Waals surface area contributed by atoms with Crippen molar-refractivity contribution in [3.05, 3.63) is 29.6 Å². The van der Waals surface area contributed by atoms with Crippen LogP contribution in [0.4, 0.5) is 18.9 Å². The van der Waals surface area contributed by atoms with Crippen molar-refractivity contribution in [3.63, 3.8) is 0 Å². The van der Waals surface area contributed by atoms with E-state index in [0.29, 0.717) is 18.5 Å². The van der Waals surface area contributed by atoms with Gasteiger partial charge in [0.2, 0.25) is 0 Å². The zero-order valence-corrected chi connectivity index (χ0v) is 12.8. The zero-order valence-electron chi connectivity index (χ0n) is 12.8. The quantitative estimate of drug-likeness (QED) is 0.853. The first-order chi connectivity index (χ1) is 9.97. The molecule has 1 N–H and O–H groups in total. The Hall–Kier alpha value is -1.23. The molecule has 2 nitrogen and oxygen atoms in total. The second-order valence-electron chi connectivity index (χ2n) is 5.83. The fraction of sp³-hybridized carbons (Fsp3) is 0.625. The molecule has 0 amide bonds. The molecule has 21 heavy (non-hydrogen) atoms. The van der Waals surface area contributed by atoms with Gasteiger partial charge in [0, 0.05) is 37.3 Å². The Morgan fingerprint density at radius 3 is 2.48 bits per heavy atom. The maximum atomic E-state index is 14.1. The van der Waals surface area contributed by atoms with Crippen LogP contribution >= 0.6 is 0 Å². The number of hydrogen-bond donors (Lipinski definition) is 1. The molecule has 5 heteroatoms. The molecule has 1 aromatic rings. The molecular weight excluding hydrogens is 277 g/mol. The minimum atomic E-state index is -1.14. The largest absolute Gasteiger partial charge is 0.363 e. The second-order valence-corrected chi connectivity index (χ2v) is 5.83. The minimum Gasteiger partial charge on any atom is -0.363 e. The Balaban J connectivity index is 2.31. The molecule has 1 aromatic carbocycles. The standard InChI is InChI=1S/C16H23F3N2/c1-4-10(3)15-9-21(11(5-2)8-20-15)16-7-13(18)12(17)6-14(16)19/h6-7,10-11,15,20H,4-5,8-9H2,1-3H3. The molecule has 3 unspecified atom stereocenters. The molecule has 0 aromatic heterocycles. The van der Waals surface area contributed by atoms with Gasteiger partial charge in [0.25, 0.3) is 0 Å². The average Bonchev–Trinajstić information content (AvgIpc) is 2.49. The van der Waals surface area contributed by atoms with Crippen LogP contribution in [0.1, 0.15) is 33.6 Å². The van der Waals surface area contributed by atoms with Crippen LogP contribution in [-0.4, -0.2) is 25.2 Å². The third kappa shape index (κ3) is 3.34. The first kappa shape index (κ1) is 16.1. The van der Waals surface area contributed by atoms with Gasteiger partial charge in [0.1, 0.15) is 5.82 Å². The van der Waals surface area contributed by atoms with Crippen molar-refractivity contribution in [1.29, 1.82) is 0 Å². The highest BCUT2D eigenvalue weighted by Gasteiger charge is 2.31. The summed E-state index contributed by atoms with van der Waals surface area (Å²) in [4.78, 5) is 1.88. The van der Waals surface area contributed by atoms with Crippen molar-refractivity contribution in [2.24, 2.45) is 5.92 Å². The maximum absolute atomic E-state index is 14.1. The molecule has 3 atom stereocenters. The number of piperazine rings is 1. The molecule has 118 valence electrons.